The summed E-state index contributed by atoms with van der Waals surface area (Å²) in [4.78, 5) is 0. The summed E-state index contributed by atoms with van der Waals surface area (Å²) in [7, 11) is 0. The lowest BCUT2D eigenvalue weighted by molar-refractivity contribution is 0.669. The zero-order chi connectivity index (χ0) is 35.0. The van der Waals surface area contributed by atoms with E-state index in [2.05, 4.69) is 167 Å². The molecule has 0 aliphatic heterocycles. The van der Waals surface area contributed by atoms with Crippen LogP contribution in [-0.4, -0.2) is 9.13 Å². The van der Waals surface area contributed by atoms with E-state index in [0.29, 0.717) is 5.56 Å². The summed E-state index contributed by atoms with van der Waals surface area (Å²) < 4.78 is 10.9. The summed E-state index contributed by atoms with van der Waals surface area (Å²) >= 11 is 0. The molecule has 4 nitrogen and oxygen atoms in total. The minimum absolute atomic E-state index is 0.619. The Balaban J connectivity index is 1.08. The van der Waals surface area contributed by atoms with Gasteiger partial charge in [0.2, 0.25) is 0 Å². The van der Waals surface area contributed by atoms with Gasteiger partial charge in [0, 0.05) is 43.7 Å². The van der Waals surface area contributed by atoms with Crippen LogP contribution < -0.4 is 0 Å². The second-order valence-electron chi connectivity index (χ2n) is 13.7. The van der Waals surface area contributed by atoms with Gasteiger partial charge in [0.15, 0.2) is 0 Å². The van der Waals surface area contributed by atoms with E-state index in [9.17, 15) is 5.26 Å². The molecule has 53 heavy (non-hydrogen) atoms. The van der Waals surface area contributed by atoms with Crippen molar-refractivity contribution in [2.75, 3.05) is 0 Å². The molecule has 0 unspecified atom stereocenters. The second-order valence-corrected chi connectivity index (χ2v) is 13.7. The van der Waals surface area contributed by atoms with E-state index in [1.807, 2.05) is 18.2 Å². The van der Waals surface area contributed by atoms with Gasteiger partial charge in [0.25, 0.3) is 0 Å². The second kappa shape index (κ2) is 11.3. The minimum atomic E-state index is 0.619. The number of para-hydroxylation sites is 3. The molecule has 0 atom stereocenters. The van der Waals surface area contributed by atoms with Crippen molar-refractivity contribution >= 4 is 65.6 Å². The Hall–Kier alpha value is -7.35. The first-order valence-corrected chi connectivity index (χ1v) is 17.8. The minimum Gasteiger partial charge on any atom is -0.456 e. The summed E-state index contributed by atoms with van der Waals surface area (Å²) in [5.41, 5.74) is 13.8. The monoisotopic (exact) mass is 675 g/mol. The molecule has 0 radical (unpaired) electrons. The van der Waals surface area contributed by atoms with Crippen LogP contribution in [0.3, 0.4) is 0 Å². The van der Waals surface area contributed by atoms with Crippen LogP contribution in [-0.2, 0) is 0 Å². The van der Waals surface area contributed by atoms with E-state index in [0.717, 1.165) is 44.3 Å². The maximum absolute atomic E-state index is 9.58. The number of hydrogen-bond donors (Lipinski definition) is 0. The number of aromatic nitrogens is 2. The molecule has 3 heterocycles. The highest BCUT2D eigenvalue weighted by atomic mass is 16.3. The highest BCUT2D eigenvalue weighted by Gasteiger charge is 2.18. The van der Waals surface area contributed by atoms with E-state index in [-0.39, 0.29) is 0 Å². The Morgan fingerprint density at radius 2 is 1.04 bits per heavy atom. The van der Waals surface area contributed by atoms with Crippen LogP contribution in [0.1, 0.15) is 5.56 Å². The largest absolute Gasteiger partial charge is 0.456 e. The molecule has 0 bridgehead atoms. The van der Waals surface area contributed by atoms with Crippen molar-refractivity contribution in [3.63, 3.8) is 0 Å². The average molecular weight is 676 g/mol. The number of nitrogens with zero attached hydrogens (tertiary/aromatic N) is 3. The summed E-state index contributed by atoms with van der Waals surface area (Å²) in [6.07, 6.45) is 0. The lowest BCUT2D eigenvalue weighted by Crippen LogP contribution is -1.93. The maximum Gasteiger partial charge on any atom is 0.135 e. The molecule has 3 aromatic heterocycles. The molecule has 0 aliphatic carbocycles. The number of hydrogen-bond acceptors (Lipinski definition) is 2. The van der Waals surface area contributed by atoms with Gasteiger partial charge in [-0.2, -0.15) is 5.26 Å². The third-order valence-electron chi connectivity index (χ3n) is 10.7. The zero-order valence-electron chi connectivity index (χ0n) is 28.5. The predicted molar refractivity (Wildman–Crippen MR) is 218 cm³/mol. The van der Waals surface area contributed by atoms with E-state index in [1.165, 1.54) is 54.8 Å². The summed E-state index contributed by atoms with van der Waals surface area (Å²) in [6.45, 7) is 0. The van der Waals surface area contributed by atoms with E-state index >= 15 is 0 Å². The number of benzene rings is 8. The molecule has 8 aromatic carbocycles. The molecule has 0 amide bonds. The van der Waals surface area contributed by atoms with Gasteiger partial charge >= 0.3 is 0 Å². The highest BCUT2D eigenvalue weighted by molar-refractivity contribution is 6.16. The summed E-state index contributed by atoms with van der Waals surface area (Å²) in [6, 6.07) is 64.6. The number of nitriles is 1. The van der Waals surface area contributed by atoms with Crippen LogP contribution in [0.2, 0.25) is 0 Å². The molecule has 0 saturated heterocycles. The quantitative estimate of drug-likeness (QED) is 0.186. The van der Waals surface area contributed by atoms with Gasteiger partial charge in [-0.25, -0.2) is 0 Å². The Kier molecular flexibility index (Phi) is 6.28. The van der Waals surface area contributed by atoms with E-state index in [1.54, 1.807) is 6.07 Å². The van der Waals surface area contributed by atoms with Crippen LogP contribution in [0.15, 0.2) is 180 Å². The molecular weight excluding hydrogens is 647 g/mol. The van der Waals surface area contributed by atoms with Crippen LogP contribution in [0.25, 0.3) is 99.2 Å². The van der Waals surface area contributed by atoms with E-state index in [4.69, 9.17) is 4.42 Å². The van der Waals surface area contributed by atoms with Crippen molar-refractivity contribution in [1.29, 1.82) is 5.26 Å². The van der Waals surface area contributed by atoms with Crippen molar-refractivity contribution in [2.24, 2.45) is 0 Å². The summed E-state index contributed by atoms with van der Waals surface area (Å²) in [5, 5.41) is 16.4. The van der Waals surface area contributed by atoms with Gasteiger partial charge in [-0.15, -0.1) is 0 Å². The first kappa shape index (κ1) is 29.4. The fourth-order valence-corrected chi connectivity index (χ4v) is 8.39. The van der Waals surface area contributed by atoms with Crippen molar-refractivity contribution in [3.05, 3.63) is 181 Å². The van der Waals surface area contributed by atoms with Crippen LogP contribution in [0.4, 0.5) is 0 Å². The molecule has 11 rings (SSSR count). The average Bonchev–Trinajstić information content (AvgIpc) is 3.88. The fraction of sp³-hybridized carbons (Fsp3) is 0. The molecule has 246 valence electrons. The van der Waals surface area contributed by atoms with Gasteiger partial charge < -0.3 is 13.6 Å². The molecule has 0 aliphatic rings. The molecule has 4 heteroatoms. The topological polar surface area (TPSA) is 46.8 Å². The van der Waals surface area contributed by atoms with Crippen LogP contribution in [0, 0.1) is 11.3 Å². The number of fused-ring (bicyclic) bond motifs is 9. The predicted octanol–water partition coefficient (Wildman–Crippen LogP) is 13.0. The molecular formula is C49H29N3O. The Labute approximate surface area is 304 Å². The van der Waals surface area contributed by atoms with Crippen LogP contribution >= 0.6 is 0 Å². The molecule has 0 fully saturated rings. The lowest BCUT2D eigenvalue weighted by atomic mass is 9.95. The smallest absolute Gasteiger partial charge is 0.135 e. The zero-order valence-corrected chi connectivity index (χ0v) is 28.5. The Bertz CT molecular complexity index is 3300. The highest BCUT2D eigenvalue weighted by Crippen LogP contribution is 2.41. The van der Waals surface area contributed by atoms with Crippen LogP contribution in [0.5, 0.6) is 0 Å². The van der Waals surface area contributed by atoms with Gasteiger partial charge in [0.1, 0.15) is 11.2 Å². The first-order valence-electron chi connectivity index (χ1n) is 17.8. The lowest BCUT2D eigenvalue weighted by Gasteiger charge is -2.11. The van der Waals surface area contributed by atoms with Crippen molar-refractivity contribution in [3.8, 4) is 39.7 Å². The van der Waals surface area contributed by atoms with E-state index < -0.39 is 0 Å². The molecule has 0 saturated carbocycles. The standard InChI is InChI=1S/C49H29N3O/c50-30-31-20-24-47-41(26-31)42-29-36(22-25-48(42)53-47)52-44-18-7-5-15-39(44)49-37(16-9-19-46(49)52)34-11-8-10-32(27-34)33-21-23-45-40(28-33)38-14-4-6-17-43(38)51(45)35-12-2-1-3-13-35/h1-29H. The molecule has 0 N–H and O–H groups in total. The van der Waals surface area contributed by atoms with Gasteiger partial charge in [0.05, 0.1) is 33.7 Å². The van der Waals surface area contributed by atoms with Crippen molar-refractivity contribution in [2.45, 2.75) is 0 Å². The normalized spacial score (nSPS) is 11.8. The first-order chi connectivity index (χ1) is 26.2. The molecule has 11 aromatic rings. The summed E-state index contributed by atoms with van der Waals surface area (Å²) in [5.74, 6) is 0. The van der Waals surface area contributed by atoms with Gasteiger partial charge in [-0.3, -0.25) is 0 Å². The molecule has 0 spiro atoms. The maximum atomic E-state index is 9.58. The fourth-order valence-electron chi connectivity index (χ4n) is 8.39. The number of furan rings is 1. The van der Waals surface area contributed by atoms with Crippen molar-refractivity contribution in [1.82, 2.24) is 9.13 Å². The number of rotatable bonds is 4. The SMILES string of the molecule is N#Cc1ccc2oc3ccc(-n4c5ccccc5c5c(-c6cccc(-c7ccc8c(c7)c7ccccc7n8-c7ccccc7)c6)cccc54)cc3c2c1. The van der Waals surface area contributed by atoms with Gasteiger partial charge in [-0.05, 0) is 107 Å². The van der Waals surface area contributed by atoms with Crippen molar-refractivity contribution < 1.29 is 4.42 Å². The third-order valence-corrected chi connectivity index (χ3v) is 10.7. The Morgan fingerprint density at radius 1 is 0.396 bits per heavy atom. The van der Waals surface area contributed by atoms with Gasteiger partial charge in [-0.1, -0.05) is 91.0 Å². The Morgan fingerprint density at radius 3 is 1.89 bits per heavy atom. The third kappa shape index (κ3) is 4.41.